The lowest BCUT2D eigenvalue weighted by Crippen LogP contribution is -2.19. The van der Waals surface area contributed by atoms with E-state index in [9.17, 15) is 18.0 Å². The Morgan fingerprint density at radius 1 is 1.44 bits per heavy atom. The molecular weight excluding hydrogens is 291 g/mol. The number of benzene rings is 1. The van der Waals surface area contributed by atoms with Crippen molar-refractivity contribution in [3.05, 3.63) is 22.2 Å². The fourth-order valence-electron chi connectivity index (χ4n) is 1.15. The molecule has 2 N–H and O–H groups in total. The molecule has 0 aliphatic heterocycles. The number of nitrogens with two attached hydrogens (primary N) is 1. The third kappa shape index (κ3) is 2.88. The molecular formula is C9H7BrF3NO2. The number of ether oxygens (including phenoxy) is 1. The molecule has 1 rings (SSSR count). The monoisotopic (exact) mass is 297 g/mol. The van der Waals surface area contributed by atoms with E-state index in [4.69, 9.17) is 5.73 Å². The molecule has 0 bridgehead atoms. The summed E-state index contributed by atoms with van der Waals surface area (Å²) >= 11 is 2.87. The molecule has 0 heterocycles. The Bertz CT molecular complexity index is 431. The van der Waals surface area contributed by atoms with E-state index in [2.05, 4.69) is 20.7 Å². The summed E-state index contributed by atoms with van der Waals surface area (Å²) in [4.78, 5) is 11.2. The normalized spacial score (nSPS) is 11.3. The first kappa shape index (κ1) is 12.8. The van der Waals surface area contributed by atoms with Gasteiger partial charge < -0.3 is 10.5 Å². The van der Waals surface area contributed by atoms with Crippen LogP contribution in [0.3, 0.4) is 0 Å². The van der Waals surface area contributed by atoms with Crippen LogP contribution < -0.4 is 10.5 Å². The highest BCUT2D eigenvalue weighted by Crippen LogP contribution is 2.36. The number of carbonyl (C=O) groups is 1. The highest BCUT2D eigenvalue weighted by molar-refractivity contribution is 9.10. The topological polar surface area (TPSA) is 52.3 Å². The molecule has 0 spiro atoms. The van der Waals surface area contributed by atoms with E-state index < -0.39 is 17.9 Å². The van der Waals surface area contributed by atoms with Crippen LogP contribution in [-0.4, -0.2) is 12.1 Å². The van der Waals surface area contributed by atoms with Crippen LogP contribution in [0.5, 0.6) is 5.75 Å². The van der Waals surface area contributed by atoms with Crippen molar-refractivity contribution < 1.29 is 22.7 Å². The fraction of sp³-hybridized carbons (Fsp3) is 0.222. The molecule has 88 valence electrons. The predicted octanol–water partition coefficient (Wildman–Crippen LogP) is 3.13. The molecule has 16 heavy (non-hydrogen) atoms. The second-order valence-electron chi connectivity index (χ2n) is 2.94. The van der Waals surface area contributed by atoms with Gasteiger partial charge in [0.15, 0.2) is 11.5 Å². The summed E-state index contributed by atoms with van der Waals surface area (Å²) in [6.45, 7) is 1.11. The number of anilines is 1. The smallest absolute Gasteiger partial charge is 0.404 e. The van der Waals surface area contributed by atoms with E-state index in [1.54, 1.807) is 0 Å². The first-order valence-corrected chi connectivity index (χ1v) is 4.86. The van der Waals surface area contributed by atoms with Gasteiger partial charge in [0.2, 0.25) is 0 Å². The molecule has 7 heteroatoms. The minimum atomic E-state index is -4.87. The lowest BCUT2D eigenvalue weighted by Gasteiger charge is -2.14. The molecule has 0 aliphatic carbocycles. The van der Waals surface area contributed by atoms with Gasteiger partial charge in [-0.05, 0) is 35.0 Å². The van der Waals surface area contributed by atoms with Gasteiger partial charge in [-0.25, -0.2) is 0 Å². The first-order chi connectivity index (χ1) is 7.22. The first-order valence-electron chi connectivity index (χ1n) is 4.07. The average molecular weight is 298 g/mol. The third-order valence-corrected chi connectivity index (χ3v) is 2.34. The standard InChI is InChI=1S/C9H7BrF3NO2/c1-4(15)7-6(14)3-2-5(10)8(7)16-9(11,12)13/h2-3H,14H2,1H3. The van der Waals surface area contributed by atoms with Crippen LogP contribution in [0.4, 0.5) is 18.9 Å². The average Bonchev–Trinajstić information content (AvgIpc) is 2.08. The van der Waals surface area contributed by atoms with Crippen molar-refractivity contribution in [2.75, 3.05) is 5.73 Å². The van der Waals surface area contributed by atoms with Gasteiger partial charge in [0.25, 0.3) is 0 Å². The molecule has 0 saturated carbocycles. The molecule has 0 atom stereocenters. The number of ketones is 1. The summed E-state index contributed by atoms with van der Waals surface area (Å²) in [5.41, 5.74) is 5.08. The Balaban J connectivity index is 3.35. The van der Waals surface area contributed by atoms with E-state index in [1.165, 1.54) is 12.1 Å². The number of Topliss-reactive ketones (excluding diaryl/α,β-unsaturated/α-hetero) is 1. The predicted molar refractivity (Wildman–Crippen MR) is 55.2 cm³/mol. The second kappa shape index (κ2) is 4.32. The number of rotatable bonds is 2. The van der Waals surface area contributed by atoms with Gasteiger partial charge in [0, 0.05) is 5.69 Å². The van der Waals surface area contributed by atoms with Crippen LogP contribution in [0, 0.1) is 0 Å². The van der Waals surface area contributed by atoms with Crippen LogP contribution in [-0.2, 0) is 0 Å². The number of halogens is 4. The highest BCUT2D eigenvalue weighted by Gasteiger charge is 2.34. The molecule has 0 fully saturated rings. The quantitative estimate of drug-likeness (QED) is 0.674. The number of nitrogen functional groups attached to an aromatic ring is 1. The molecule has 0 unspecified atom stereocenters. The van der Waals surface area contributed by atoms with Gasteiger partial charge in [-0.1, -0.05) is 0 Å². The number of alkyl halides is 3. The van der Waals surface area contributed by atoms with Gasteiger partial charge in [-0.15, -0.1) is 13.2 Å². The summed E-state index contributed by atoms with van der Waals surface area (Å²) in [5.74, 6) is -1.21. The second-order valence-corrected chi connectivity index (χ2v) is 3.80. The zero-order chi connectivity index (χ0) is 12.5. The van der Waals surface area contributed by atoms with Crippen molar-refractivity contribution in [1.29, 1.82) is 0 Å². The van der Waals surface area contributed by atoms with Gasteiger partial charge in [0.05, 0.1) is 10.0 Å². The van der Waals surface area contributed by atoms with Crippen LogP contribution in [0.2, 0.25) is 0 Å². The van der Waals surface area contributed by atoms with Crippen LogP contribution >= 0.6 is 15.9 Å². The Labute approximate surface area is 97.5 Å². The maximum absolute atomic E-state index is 12.1. The van der Waals surface area contributed by atoms with Gasteiger partial charge >= 0.3 is 6.36 Å². The molecule has 1 aromatic rings. The molecule has 0 saturated heterocycles. The number of hydrogen-bond donors (Lipinski definition) is 1. The van der Waals surface area contributed by atoms with Crippen molar-refractivity contribution in [3.8, 4) is 5.75 Å². The van der Waals surface area contributed by atoms with Crippen LogP contribution in [0.25, 0.3) is 0 Å². The zero-order valence-electron chi connectivity index (χ0n) is 8.06. The Kier molecular flexibility index (Phi) is 3.47. The molecule has 0 amide bonds. The summed E-state index contributed by atoms with van der Waals surface area (Å²) in [6, 6.07) is 2.60. The largest absolute Gasteiger partial charge is 0.573 e. The summed E-state index contributed by atoms with van der Waals surface area (Å²) in [6.07, 6.45) is -4.87. The van der Waals surface area contributed by atoms with Crippen molar-refractivity contribution >= 4 is 27.4 Å². The maximum Gasteiger partial charge on any atom is 0.573 e. The number of carbonyl (C=O) groups excluding carboxylic acids is 1. The van der Waals surface area contributed by atoms with Crippen molar-refractivity contribution in [3.63, 3.8) is 0 Å². The zero-order valence-corrected chi connectivity index (χ0v) is 9.65. The minimum Gasteiger partial charge on any atom is -0.404 e. The Morgan fingerprint density at radius 2 is 2.00 bits per heavy atom. The van der Waals surface area contributed by atoms with Crippen LogP contribution in [0.15, 0.2) is 16.6 Å². The molecule has 0 aromatic heterocycles. The lowest BCUT2D eigenvalue weighted by molar-refractivity contribution is -0.275. The lowest BCUT2D eigenvalue weighted by atomic mass is 10.1. The molecule has 0 aliphatic rings. The summed E-state index contributed by atoms with van der Waals surface area (Å²) in [7, 11) is 0. The van der Waals surface area contributed by atoms with Crippen molar-refractivity contribution in [2.24, 2.45) is 0 Å². The fourth-order valence-corrected chi connectivity index (χ4v) is 1.56. The van der Waals surface area contributed by atoms with Gasteiger partial charge in [-0.2, -0.15) is 0 Å². The van der Waals surface area contributed by atoms with Crippen molar-refractivity contribution in [2.45, 2.75) is 13.3 Å². The minimum absolute atomic E-state index is 0.0178. The maximum atomic E-state index is 12.1. The highest BCUT2D eigenvalue weighted by atomic mass is 79.9. The van der Waals surface area contributed by atoms with E-state index in [-0.39, 0.29) is 15.7 Å². The van der Waals surface area contributed by atoms with Gasteiger partial charge in [-0.3, -0.25) is 4.79 Å². The Morgan fingerprint density at radius 3 is 2.44 bits per heavy atom. The van der Waals surface area contributed by atoms with Crippen molar-refractivity contribution in [1.82, 2.24) is 0 Å². The number of hydrogen-bond acceptors (Lipinski definition) is 3. The molecule has 3 nitrogen and oxygen atoms in total. The van der Waals surface area contributed by atoms with E-state index >= 15 is 0 Å². The van der Waals surface area contributed by atoms with E-state index in [0.717, 1.165) is 6.92 Å². The molecule has 1 aromatic carbocycles. The van der Waals surface area contributed by atoms with Crippen LogP contribution in [0.1, 0.15) is 17.3 Å². The Hall–Kier alpha value is -1.24. The summed E-state index contributed by atoms with van der Waals surface area (Å²) in [5, 5.41) is 0. The third-order valence-electron chi connectivity index (χ3n) is 1.71. The van der Waals surface area contributed by atoms with E-state index in [0.29, 0.717) is 0 Å². The summed E-state index contributed by atoms with van der Waals surface area (Å²) < 4.78 is 40.1. The van der Waals surface area contributed by atoms with E-state index in [1.807, 2.05) is 0 Å². The SMILES string of the molecule is CC(=O)c1c(N)ccc(Br)c1OC(F)(F)F. The van der Waals surface area contributed by atoms with Gasteiger partial charge in [0.1, 0.15) is 0 Å². The molecule has 0 radical (unpaired) electrons.